The number of nitrogen functional groups attached to an aromatic ring is 1. The molecule has 0 bridgehead atoms. The number of aliphatic imine (C=N–C) groups is 4. The third kappa shape index (κ3) is 12.5. The van der Waals surface area contributed by atoms with E-state index in [0.717, 1.165) is 101 Å². The van der Waals surface area contributed by atoms with E-state index in [-0.39, 0.29) is 11.6 Å². The minimum Gasteiger partial charge on any atom is -0.397 e. The van der Waals surface area contributed by atoms with Gasteiger partial charge in [0.25, 0.3) is 0 Å². The summed E-state index contributed by atoms with van der Waals surface area (Å²) in [7, 11) is 1.93. The highest BCUT2D eigenvalue weighted by molar-refractivity contribution is 9.11. The van der Waals surface area contributed by atoms with E-state index in [1.807, 2.05) is 54.3 Å². The van der Waals surface area contributed by atoms with Gasteiger partial charge in [-0.25, -0.2) is 8.78 Å². The van der Waals surface area contributed by atoms with Crippen molar-refractivity contribution in [2.24, 2.45) is 27.0 Å². The summed E-state index contributed by atoms with van der Waals surface area (Å²) in [5.74, 6) is 2.49. The summed E-state index contributed by atoms with van der Waals surface area (Å²) in [5.41, 5.74) is 11.3. The monoisotopic (exact) mass is 997 g/mol. The summed E-state index contributed by atoms with van der Waals surface area (Å²) in [6.45, 7) is 8.34. The highest BCUT2D eigenvalue weighted by Crippen LogP contribution is 2.32. The second kappa shape index (κ2) is 21.0. The molecule has 4 aliphatic heterocycles. The maximum atomic E-state index is 13.3. The Morgan fingerprint density at radius 2 is 1.17 bits per heavy atom. The van der Waals surface area contributed by atoms with Crippen LogP contribution in [0.4, 0.5) is 37.2 Å². The van der Waals surface area contributed by atoms with E-state index >= 15 is 0 Å². The first-order valence-electron chi connectivity index (χ1n) is 18.6. The lowest BCUT2D eigenvalue weighted by Crippen LogP contribution is -2.26. The van der Waals surface area contributed by atoms with Crippen molar-refractivity contribution in [2.75, 3.05) is 79.4 Å². The van der Waals surface area contributed by atoms with Crippen LogP contribution in [0, 0.1) is 18.6 Å². The molecular weight excluding hydrogens is 956 g/mol. The summed E-state index contributed by atoms with van der Waals surface area (Å²) in [6.07, 6.45) is 2.01. The molecule has 20 heteroatoms. The number of hydrogen-bond acceptors (Lipinski definition) is 14. The number of aryl methyl sites for hydroxylation is 2. The number of para-hydroxylation sites is 1. The van der Waals surface area contributed by atoms with Crippen molar-refractivity contribution < 1.29 is 8.78 Å². The Morgan fingerprint density at radius 3 is 1.71 bits per heavy atom. The largest absolute Gasteiger partial charge is 0.397 e. The Hall–Kier alpha value is -5.47. The molecule has 10 N–H and O–H groups in total. The van der Waals surface area contributed by atoms with Crippen molar-refractivity contribution in [1.82, 2.24) is 31.0 Å². The number of hydrogen-bond donors (Lipinski definition) is 9. The molecule has 0 spiro atoms. The number of nitrogens with two attached hydrogens (primary N) is 1. The molecule has 9 rings (SSSR count). The molecule has 0 atom stereocenters. The molecule has 5 aromatic rings. The maximum Gasteiger partial charge on any atom is 0.196 e. The molecule has 4 aliphatic rings. The molecule has 0 aliphatic carbocycles. The van der Waals surface area contributed by atoms with E-state index in [1.165, 1.54) is 12.1 Å². The predicted molar refractivity (Wildman–Crippen MR) is 248 cm³/mol. The Kier molecular flexibility index (Phi) is 15.3. The van der Waals surface area contributed by atoms with Crippen molar-refractivity contribution in [1.29, 1.82) is 0 Å². The SMILES string of the molecule is Cc1ccc(NC2=NCCN2)cc1F.Cn1cc2c(NC3=NCCN3)cccc2n1.Fc1cccc(Br)c1NC1=NCCN1.Nc1c(Br)cc(NC2=NCCN2)cc1Br. The first-order chi connectivity index (χ1) is 28.5. The normalized spacial score (nSPS) is 14.8. The van der Waals surface area contributed by atoms with Crippen LogP contribution in [0.1, 0.15) is 5.56 Å². The molecule has 0 fully saturated rings. The zero-order valence-corrected chi connectivity index (χ0v) is 37.0. The number of aromatic nitrogens is 2. The Bertz CT molecular complexity index is 2340. The van der Waals surface area contributed by atoms with Crippen LogP contribution in [0.25, 0.3) is 10.9 Å². The van der Waals surface area contributed by atoms with Crippen LogP contribution in [0.5, 0.6) is 0 Å². The Balaban J connectivity index is 0.000000132. The minimum absolute atomic E-state index is 0.200. The Morgan fingerprint density at radius 1 is 0.627 bits per heavy atom. The van der Waals surface area contributed by atoms with E-state index in [2.05, 4.69) is 115 Å². The van der Waals surface area contributed by atoms with E-state index in [1.54, 1.807) is 25.1 Å². The number of guanidine groups is 4. The lowest BCUT2D eigenvalue weighted by molar-refractivity contribution is 0.619. The number of benzene rings is 4. The number of anilines is 5. The van der Waals surface area contributed by atoms with E-state index in [9.17, 15) is 8.78 Å². The van der Waals surface area contributed by atoms with Gasteiger partial charge in [0.15, 0.2) is 23.8 Å². The highest BCUT2D eigenvalue weighted by Gasteiger charge is 2.12. The fraction of sp³-hybridized carbons (Fsp3) is 0.256. The molecular formula is C39H44Br3F2N15. The molecule has 310 valence electrons. The molecule has 15 nitrogen and oxygen atoms in total. The Labute approximate surface area is 365 Å². The molecule has 0 amide bonds. The van der Waals surface area contributed by atoms with Crippen molar-refractivity contribution in [3.63, 3.8) is 0 Å². The van der Waals surface area contributed by atoms with Gasteiger partial charge in [-0.05, 0) is 109 Å². The van der Waals surface area contributed by atoms with Crippen LogP contribution in [0.2, 0.25) is 0 Å². The summed E-state index contributed by atoms with van der Waals surface area (Å²) < 4.78 is 30.7. The lowest BCUT2D eigenvalue weighted by Gasteiger charge is -2.09. The van der Waals surface area contributed by atoms with Crippen LogP contribution < -0.4 is 48.3 Å². The van der Waals surface area contributed by atoms with Gasteiger partial charge in [0, 0.05) is 69.6 Å². The topological polar surface area (TPSA) is 190 Å². The van der Waals surface area contributed by atoms with Gasteiger partial charge in [-0.15, -0.1) is 0 Å². The first-order valence-corrected chi connectivity index (χ1v) is 21.0. The zero-order chi connectivity index (χ0) is 41.7. The van der Waals surface area contributed by atoms with Gasteiger partial charge in [-0.2, -0.15) is 5.10 Å². The van der Waals surface area contributed by atoms with Crippen LogP contribution >= 0.6 is 47.8 Å². The van der Waals surface area contributed by atoms with Gasteiger partial charge >= 0.3 is 0 Å². The number of halogens is 5. The third-order valence-corrected chi connectivity index (χ3v) is 10.6. The van der Waals surface area contributed by atoms with E-state index < -0.39 is 0 Å². The second-order valence-corrected chi connectivity index (χ2v) is 15.6. The highest BCUT2D eigenvalue weighted by atomic mass is 79.9. The fourth-order valence-electron chi connectivity index (χ4n) is 5.66. The van der Waals surface area contributed by atoms with Crippen molar-refractivity contribution in [2.45, 2.75) is 6.92 Å². The molecule has 0 saturated heterocycles. The van der Waals surface area contributed by atoms with E-state index in [4.69, 9.17) is 5.73 Å². The summed E-state index contributed by atoms with van der Waals surface area (Å²) in [4.78, 5) is 16.8. The van der Waals surface area contributed by atoms with Gasteiger partial charge in [0.2, 0.25) is 0 Å². The zero-order valence-electron chi connectivity index (χ0n) is 32.2. The van der Waals surface area contributed by atoms with Gasteiger partial charge in [0.1, 0.15) is 11.6 Å². The molecule has 4 aromatic carbocycles. The number of rotatable bonds is 4. The molecule has 0 saturated carbocycles. The van der Waals surface area contributed by atoms with Crippen molar-refractivity contribution in [3.05, 3.63) is 104 Å². The van der Waals surface area contributed by atoms with Crippen LogP contribution in [-0.4, -0.2) is 86.0 Å². The quantitative estimate of drug-likeness (QED) is 0.0891. The van der Waals surface area contributed by atoms with Gasteiger partial charge < -0.3 is 48.3 Å². The van der Waals surface area contributed by atoms with Crippen LogP contribution in [0.3, 0.4) is 0 Å². The molecule has 1 aromatic heterocycles. The molecule has 5 heterocycles. The fourth-order valence-corrected chi connectivity index (χ4v) is 7.29. The standard InChI is InChI=1S/C11H13N5.C10H12FN3.C9H10Br2N4.C9H9BrFN3/c1-16-7-8-9(3-2-4-10(8)15-16)14-11-12-5-6-13-11;1-7-2-3-8(6-9(7)11)14-10-12-4-5-13-10;10-6-3-5(4-7(11)8(6)12)15-9-13-1-2-14-9;10-6-2-1-3-7(11)8(6)14-9-12-4-5-13-9/h2-4,7H,5-6H2,1H3,(H2,12,13,14);2-3,6H,4-5H2,1H3,(H2,12,13,14);3-4H,1-2,12H2,(H2,13,14,15);1-3H,4-5H2,(H2,12,13,14). The number of nitrogens with zero attached hydrogens (tertiary/aromatic N) is 6. The van der Waals surface area contributed by atoms with Crippen molar-refractivity contribution in [3.8, 4) is 0 Å². The molecule has 59 heavy (non-hydrogen) atoms. The predicted octanol–water partition coefficient (Wildman–Crippen LogP) is 6.57. The molecule has 0 radical (unpaired) electrons. The van der Waals surface area contributed by atoms with E-state index in [0.29, 0.717) is 33.3 Å². The van der Waals surface area contributed by atoms with Crippen molar-refractivity contribution >= 4 is 111 Å². The second-order valence-electron chi connectivity index (χ2n) is 13.1. The average Bonchev–Trinajstić information content (AvgIpc) is 4.07. The lowest BCUT2D eigenvalue weighted by atomic mass is 10.2. The van der Waals surface area contributed by atoms with Gasteiger partial charge in [0.05, 0.1) is 48.8 Å². The number of nitrogens with one attached hydrogen (secondary N) is 8. The van der Waals surface area contributed by atoms with Gasteiger partial charge in [-0.3, -0.25) is 24.7 Å². The number of fused-ring (bicyclic) bond motifs is 1. The summed E-state index contributed by atoms with van der Waals surface area (Å²) in [6, 6.07) is 19.7. The maximum absolute atomic E-state index is 13.3. The van der Waals surface area contributed by atoms with Gasteiger partial charge in [-0.1, -0.05) is 18.2 Å². The third-order valence-electron chi connectivity index (χ3n) is 8.60. The summed E-state index contributed by atoms with van der Waals surface area (Å²) >= 11 is 10.1. The summed E-state index contributed by atoms with van der Waals surface area (Å²) in [5, 5.41) is 30.2. The minimum atomic E-state index is -0.296. The average molecular weight is 1000 g/mol. The molecule has 0 unspecified atom stereocenters. The smallest absolute Gasteiger partial charge is 0.196 e. The van der Waals surface area contributed by atoms with Crippen LogP contribution in [0.15, 0.2) is 106 Å². The first kappa shape index (κ1) is 43.1. The van der Waals surface area contributed by atoms with Crippen LogP contribution in [-0.2, 0) is 7.05 Å².